The molecule has 0 unspecified atom stereocenters. The van der Waals surface area contributed by atoms with Crippen LogP contribution >= 0.6 is 19.2 Å². The maximum Gasteiger partial charge on any atom is 0.510 e. The number of aromatic nitrogens is 4. The molecule has 48 heavy (non-hydrogen) atoms. The van der Waals surface area contributed by atoms with E-state index < -0.39 is 52.2 Å². The molecular weight excluding hydrogens is 677 g/mol. The average molecular weight is 722 g/mol. The molecular formula is C29H45ClN5O12P. The summed E-state index contributed by atoms with van der Waals surface area (Å²) in [4.78, 5) is 37.0. The molecule has 19 heteroatoms. The number of carbonyl (C=O) groups excluding carboxylic acids is 2. The minimum Gasteiger partial charge on any atom is -0.434 e. The Labute approximate surface area is 284 Å². The van der Waals surface area contributed by atoms with Crippen LogP contribution in [0, 0.1) is 10.8 Å². The molecule has 2 aliphatic rings. The molecule has 0 radical (unpaired) electrons. The Morgan fingerprint density at radius 2 is 1.62 bits per heavy atom. The van der Waals surface area contributed by atoms with Crippen molar-refractivity contribution in [1.29, 1.82) is 0 Å². The summed E-state index contributed by atoms with van der Waals surface area (Å²) in [7, 11) is -4.12. The van der Waals surface area contributed by atoms with Gasteiger partial charge in [0.2, 0.25) is 18.9 Å². The summed E-state index contributed by atoms with van der Waals surface area (Å²) in [6, 6.07) is 0.0974. The van der Waals surface area contributed by atoms with E-state index in [0.29, 0.717) is 43.0 Å². The molecule has 0 aliphatic carbocycles. The van der Waals surface area contributed by atoms with Crippen LogP contribution in [0.1, 0.15) is 67.0 Å². The molecule has 4 heterocycles. The van der Waals surface area contributed by atoms with Gasteiger partial charge in [0.05, 0.1) is 44.9 Å². The number of anilines is 1. The number of hydrogen-bond donors (Lipinski definition) is 1. The van der Waals surface area contributed by atoms with Gasteiger partial charge in [-0.3, -0.25) is 18.2 Å². The van der Waals surface area contributed by atoms with Crippen molar-refractivity contribution in [2.45, 2.75) is 79.2 Å². The number of ether oxygens (including phenoxy) is 7. The monoisotopic (exact) mass is 721 g/mol. The lowest BCUT2D eigenvalue weighted by Gasteiger charge is -2.21. The van der Waals surface area contributed by atoms with E-state index in [1.807, 2.05) is 41.5 Å². The molecule has 2 aliphatic heterocycles. The lowest BCUT2D eigenvalue weighted by molar-refractivity contribution is -0.0462. The van der Waals surface area contributed by atoms with E-state index in [1.165, 1.54) is 0 Å². The first-order valence-corrected chi connectivity index (χ1v) is 17.6. The van der Waals surface area contributed by atoms with Crippen LogP contribution in [-0.2, 0) is 46.8 Å². The van der Waals surface area contributed by atoms with E-state index in [2.05, 4.69) is 20.3 Å². The van der Waals surface area contributed by atoms with E-state index in [-0.39, 0.29) is 42.0 Å². The smallest absolute Gasteiger partial charge is 0.434 e. The average Bonchev–Trinajstić information content (AvgIpc) is 3.76. The van der Waals surface area contributed by atoms with Gasteiger partial charge >= 0.3 is 19.9 Å². The molecule has 1 N–H and O–H groups in total. The molecule has 2 fully saturated rings. The molecule has 0 spiro atoms. The van der Waals surface area contributed by atoms with Gasteiger partial charge in [-0.05, 0) is 41.7 Å². The maximum absolute atomic E-state index is 13.4. The fourth-order valence-electron chi connectivity index (χ4n) is 4.41. The fourth-order valence-corrected chi connectivity index (χ4v) is 5.55. The lowest BCUT2D eigenvalue weighted by Crippen LogP contribution is -2.21. The zero-order valence-electron chi connectivity index (χ0n) is 28.1. The summed E-state index contributed by atoms with van der Waals surface area (Å²) >= 11 is 6.24. The summed E-state index contributed by atoms with van der Waals surface area (Å²) in [6.45, 7) is 11.2. The summed E-state index contributed by atoms with van der Waals surface area (Å²) in [5.74, 6) is 0.519. The van der Waals surface area contributed by atoms with Crippen LogP contribution in [0.3, 0.4) is 0 Å². The minimum atomic E-state index is -4.12. The van der Waals surface area contributed by atoms with Crippen LogP contribution in [-0.4, -0.2) is 96.9 Å². The molecule has 0 aromatic carbocycles. The molecule has 270 valence electrons. The molecule has 2 aromatic heterocycles. The number of carbonyl (C=O) groups is 2. The number of nitrogens with zero attached hydrogens (tertiary/aromatic N) is 4. The van der Waals surface area contributed by atoms with E-state index in [1.54, 1.807) is 10.9 Å². The molecule has 2 aromatic rings. The van der Waals surface area contributed by atoms with Crippen molar-refractivity contribution in [1.82, 2.24) is 19.5 Å². The molecule has 17 nitrogen and oxygen atoms in total. The van der Waals surface area contributed by atoms with E-state index >= 15 is 0 Å². The lowest BCUT2D eigenvalue weighted by atomic mass is 9.99. The third-order valence-electron chi connectivity index (χ3n) is 6.71. The molecule has 3 atom stereocenters. The number of hydrogen-bond acceptors (Lipinski definition) is 16. The summed E-state index contributed by atoms with van der Waals surface area (Å²) in [5.41, 5.74) is 0.488. The zero-order chi connectivity index (χ0) is 35.0. The highest BCUT2D eigenvalue weighted by Crippen LogP contribution is 2.48. The third kappa shape index (κ3) is 12.3. The summed E-state index contributed by atoms with van der Waals surface area (Å²) < 4.78 is 62.8. The Bertz CT molecular complexity index is 1390. The summed E-state index contributed by atoms with van der Waals surface area (Å²) in [5, 5.41) is 3.40. The zero-order valence-corrected chi connectivity index (χ0v) is 29.8. The van der Waals surface area contributed by atoms with Crippen LogP contribution in [0.5, 0.6) is 0 Å². The van der Waals surface area contributed by atoms with Crippen LogP contribution in [0.25, 0.3) is 11.2 Å². The normalized spacial score (nSPS) is 20.2. The number of rotatable bonds is 15. The van der Waals surface area contributed by atoms with Gasteiger partial charge in [-0.15, -0.1) is 0 Å². The van der Waals surface area contributed by atoms with Crippen molar-refractivity contribution in [3.05, 3.63) is 11.6 Å². The minimum absolute atomic E-state index is 0.0209. The Kier molecular flexibility index (Phi) is 13.3. The predicted molar refractivity (Wildman–Crippen MR) is 170 cm³/mol. The van der Waals surface area contributed by atoms with E-state index in [0.717, 1.165) is 6.42 Å². The standard InChI is InChI=1S/C29H45ClN5O12P/c1-28(2,3)13-41-26(36)43-16-45-48(38,46-17-44-27(37)42-14-29(4,5)6)18-40-12-20-7-8-21(47-20)35-15-31-22-23(32-19-9-10-39-11-19)33-25(30)34-24(22)35/h15,19-21H,7-14,16-18H2,1-6H3,(H,32,33,34)/t19-,20-,21+/m0/s1. The van der Waals surface area contributed by atoms with Gasteiger partial charge in [-0.1, -0.05) is 41.5 Å². The number of halogens is 1. The van der Waals surface area contributed by atoms with E-state index in [4.69, 9.17) is 53.8 Å². The highest BCUT2D eigenvalue weighted by Gasteiger charge is 2.32. The van der Waals surface area contributed by atoms with Gasteiger partial charge in [0.25, 0.3) is 0 Å². The summed E-state index contributed by atoms with van der Waals surface area (Å²) in [6.07, 6.45) is 0.275. The second-order valence-electron chi connectivity index (χ2n) is 13.8. The molecule has 0 amide bonds. The largest absolute Gasteiger partial charge is 0.510 e. The van der Waals surface area contributed by atoms with Crippen LogP contribution in [0.4, 0.5) is 15.4 Å². The fraction of sp³-hybridized carbons (Fsp3) is 0.759. The third-order valence-corrected chi connectivity index (χ3v) is 8.38. The Morgan fingerprint density at radius 1 is 0.979 bits per heavy atom. The van der Waals surface area contributed by atoms with Crippen molar-refractivity contribution in [3.63, 3.8) is 0 Å². The van der Waals surface area contributed by atoms with Crippen molar-refractivity contribution >= 4 is 48.5 Å². The topological polar surface area (TPSA) is 190 Å². The molecule has 2 saturated heterocycles. The van der Waals surface area contributed by atoms with Gasteiger partial charge < -0.3 is 38.5 Å². The maximum atomic E-state index is 13.4. The first-order valence-electron chi connectivity index (χ1n) is 15.5. The van der Waals surface area contributed by atoms with Crippen molar-refractivity contribution < 1.29 is 56.4 Å². The number of imidazole rings is 1. The molecule has 0 saturated carbocycles. The van der Waals surface area contributed by atoms with Crippen molar-refractivity contribution in [2.75, 3.05) is 58.3 Å². The SMILES string of the molecule is CC(C)(C)COC(=O)OCOP(=O)(COC[C@@H]1CC[C@H](n2cnc3c(N[C@H]4CCOC4)nc(Cl)nc32)O1)OCOC(=O)OCC(C)(C)C. The van der Waals surface area contributed by atoms with Crippen LogP contribution < -0.4 is 5.32 Å². The van der Waals surface area contributed by atoms with Gasteiger partial charge in [0.1, 0.15) is 12.6 Å². The van der Waals surface area contributed by atoms with Gasteiger partial charge in [-0.2, -0.15) is 9.97 Å². The second kappa shape index (κ2) is 16.7. The Morgan fingerprint density at radius 3 is 2.21 bits per heavy atom. The first kappa shape index (κ1) is 38.0. The Hall–Kier alpha value is -2.79. The molecule has 0 bridgehead atoms. The van der Waals surface area contributed by atoms with Crippen LogP contribution in [0.2, 0.25) is 5.28 Å². The number of nitrogens with one attached hydrogen (secondary N) is 1. The highest BCUT2D eigenvalue weighted by molar-refractivity contribution is 7.53. The first-order chi connectivity index (χ1) is 22.6. The molecule has 4 rings (SSSR count). The van der Waals surface area contributed by atoms with Gasteiger partial charge in [-0.25, -0.2) is 14.6 Å². The van der Waals surface area contributed by atoms with Crippen molar-refractivity contribution in [3.8, 4) is 0 Å². The second-order valence-corrected chi connectivity index (χ2v) is 16.1. The highest BCUT2D eigenvalue weighted by atomic mass is 35.5. The van der Waals surface area contributed by atoms with E-state index in [9.17, 15) is 14.2 Å². The van der Waals surface area contributed by atoms with Gasteiger partial charge in [0.15, 0.2) is 17.0 Å². The van der Waals surface area contributed by atoms with Crippen molar-refractivity contribution in [2.24, 2.45) is 10.8 Å². The quantitative estimate of drug-likeness (QED) is 0.0993. The number of fused-ring (bicyclic) bond motifs is 1. The van der Waals surface area contributed by atoms with Crippen LogP contribution in [0.15, 0.2) is 6.33 Å². The predicted octanol–water partition coefficient (Wildman–Crippen LogP) is 5.87. The Balaban J connectivity index is 1.30. The van der Waals surface area contributed by atoms with Gasteiger partial charge in [0, 0.05) is 6.61 Å².